The zero-order valence-electron chi connectivity index (χ0n) is 85.3. The number of aromatic amines is 2. The monoisotopic (exact) mass is 2040 g/mol. The number of nitro groups is 2. The van der Waals surface area contributed by atoms with Crippen molar-refractivity contribution in [3.05, 3.63) is 376 Å². The molecule has 0 radical (unpaired) electrons. The standard InChI is InChI=1S/2C61H63N5O8.Ni/c2*1-5-9-33-71-50-25-13-41(14-26-50)54-39-48-38-46-20-19-44(62-46)37-45-21-22-47(63-45)40-55-61(60(67)68,66(69)70)57(43-17-29-52(30-18-43)73-35-11-7-3)59(65(55)49-23-31-53(32-24-49)74-36-12-8-4)56(58(54)64-48)42-15-27-51(28-16-42)72-34-10-6-2;/h2*13-32,37-40,55,62H,5-12,33-36H2,1-4H3,(H,67,68);/b2*44-37-,46-38-,47-40-,58-56-;. The SMILES string of the molecule is CCCCOc1ccc(C2=CC3=NC/2=C(/c2ccc(OCCCC)cc2)C2=C(c4ccc(OCCCC)cc4)C(C(=O)O)([N+](=O)[O-])C(/C=C4/C=CC(=N4)/C=c4/cc/c([nH]4)=C/3)N2c2ccc(OCCCC)cc2)cc1.CCCCOc1ccc(C2=CC3=NC/2=C(/c2ccc(OCCCC)cc2)C2=C(c4ccc(OCCCC)cc4)C(C(=O)O)([N+](=O)[O-])C(/C=C4/C=CC(=N4)/C=c4/cc/c([nH]4)=C/3)N2c2ccc(OCCCC)cc2)cc1.[Ni]. The largest absolute Gasteiger partial charge is 0.494 e. The van der Waals surface area contributed by atoms with Crippen molar-refractivity contribution in [2.24, 2.45) is 20.0 Å². The van der Waals surface area contributed by atoms with Crippen LogP contribution >= 0.6 is 0 Å². The van der Waals surface area contributed by atoms with Gasteiger partial charge in [-0.25, -0.2) is 29.6 Å². The molecule has 0 spiro atoms. The Labute approximate surface area is 878 Å². The number of allylic oxidation sites excluding steroid dienone is 10. The van der Waals surface area contributed by atoms with Gasteiger partial charge >= 0.3 is 23.0 Å². The summed E-state index contributed by atoms with van der Waals surface area (Å²) in [7, 11) is 0. The van der Waals surface area contributed by atoms with Crippen LogP contribution in [0.4, 0.5) is 11.4 Å². The van der Waals surface area contributed by atoms with Gasteiger partial charge in [0.05, 0.1) is 121 Å². The molecule has 26 nitrogen and oxygen atoms in total. The third-order valence-corrected chi connectivity index (χ3v) is 26.8. The Morgan fingerprint density at radius 3 is 0.792 bits per heavy atom. The number of rotatable bonds is 44. The summed E-state index contributed by atoms with van der Waals surface area (Å²) in [6.07, 6.45) is 36.6. The maximum absolute atomic E-state index is 14.8. The molecule has 10 heterocycles. The second kappa shape index (κ2) is 49.5. The third-order valence-electron chi connectivity index (χ3n) is 26.8. The molecule has 770 valence electrons. The molecule has 18 rings (SSSR count). The predicted molar refractivity (Wildman–Crippen MR) is 588 cm³/mol. The van der Waals surface area contributed by atoms with E-state index >= 15 is 0 Å². The fraction of sp³-hybridized carbons (Fsp3) is 0.295. The molecule has 4 unspecified atom stereocenters. The second-order valence-electron chi connectivity index (χ2n) is 37.4. The maximum atomic E-state index is 14.8. The van der Waals surface area contributed by atoms with Crippen molar-refractivity contribution in [1.29, 1.82) is 0 Å². The second-order valence-corrected chi connectivity index (χ2v) is 37.4. The molecule has 2 aromatic heterocycles. The number of nitrogens with one attached hydrogen (secondary N) is 2. The number of carboxylic acid groups (broad SMARTS) is 2. The van der Waals surface area contributed by atoms with Gasteiger partial charge < -0.3 is 67.9 Å². The van der Waals surface area contributed by atoms with Crippen LogP contribution in [0, 0.1) is 20.2 Å². The fourth-order valence-corrected chi connectivity index (χ4v) is 19.1. The number of hydrogen-bond donors (Lipinski definition) is 4. The smallest absolute Gasteiger partial charge is 0.390 e. The minimum Gasteiger partial charge on any atom is -0.494 e. The van der Waals surface area contributed by atoms with Crippen molar-refractivity contribution in [1.82, 2.24) is 9.97 Å². The van der Waals surface area contributed by atoms with Crippen molar-refractivity contribution >= 4 is 104 Å². The van der Waals surface area contributed by atoms with Crippen LogP contribution in [0.3, 0.4) is 0 Å². The van der Waals surface area contributed by atoms with Crippen molar-refractivity contribution in [3.63, 3.8) is 0 Å². The minimum atomic E-state index is -2.85. The first-order valence-electron chi connectivity index (χ1n) is 51.8. The molecule has 16 bridgehead atoms. The normalized spacial score (nSPS) is 20.2. The molecule has 8 aliphatic heterocycles. The number of ether oxygens (including phenoxy) is 8. The van der Waals surface area contributed by atoms with Gasteiger partial charge in [-0.3, -0.25) is 20.2 Å². The van der Waals surface area contributed by atoms with Crippen LogP contribution in [0.25, 0.3) is 57.7 Å². The Morgan fingerprint density at radius 2 is 0.550 bits per heavy atom. The number of fused-ring (bicyclic) bond motifs is 12. The van der Waals surface area contributed by atoms with E-state index < -0.39 is 44.9 Å². The van der Waals surface area contributed by atoms with Gasteiger partial charge in [0, 0.05) is 81.4 Å². The fourth-order valence-electron chi connectivity index (χ4n) is 19.1. The Bertz CT molecular complexity index is 6840. The molecule has 10 aromatic rings. The van der Waals surface area contributed by atoms with Gasteiger partial charge in [-0.1, -0.05) is 180 Å². The number of aromatic nitrogens is 2. The number of aliphatic carboxylic acids is 2. The average Bonchev–Trinajstić information content (AvgIpc) is 1.53. The molecule has 8 aromatic carbocycles. The summed E-state index contributed by atoms with van der Waals surface area (Å²) in [6.45, 7) is 21.0. The predicted octanol–water partition coefficient (Wildman–Crippen LogP) is 23.1. The van der Waals surface area contributed by atoms with Gasteiger partial charge in [-0.15, -0.1) is 0 Å². The summed E-state index contributed by atoms with van der Waals surface area (Å²) in [4.78, 5) is 88.9. The molecule has 0 fully saturated rings. The van der Waals surface area contributed by atoms with Crippen molar-refractivity contribution in [3.8, 4) is 46.0 Å². The summed E-state index contributed by atoms with van der Waals surface area (Å²) in [5, 5.41) is 56.4. The quantitative estimate of drug-likeness (QED) is 0.0119. The van der Waals surface area contributed by atoms with Crippen LogP contribution < -0.4 is 69.1 Å². The van der Waals surface area contributed by atoms with Gasteiger partial charge in [0.2, 0.25) is 0 Å². The number of benzene rings is 8. The van der Waals surface area contributed by atoms with Gasteiger partial charge in [0.1, 0.15) is 58.1 Å². The molecule has 0 saturated heterocycles. The molecule has 149 heavy (non-hydrogen) atoms. The number of carbonyl (C=O) groups is 2. The Kier molecular flexibility index (Phi) is 35.2. The summed E-state index contributed by atoms with van der Waals surface area (Å²) in [5.41, 5.74) is 5.48. The average molecular weight is 2050 g/mol. The topological polar surface area (TPSA) is 322 Å². The van der Waals surface area contributed by atoms with Crippen LogP contribution in [-0.4, -0.2) is 141 Å². The number of H-pyrrole nitrogens is 2. The van der Waals surface area contributed by atoms with E-state index in [0.29, 0.717) is 189 Å². The van der Waals surface area contributed by atoms with E-state index in [1.807, 2.05) is 218 Å². The van der Waals surface area contributed by atoms with E-state index in [0.717, 1.165) is 147 Å². The first-order chi connectivity index (χ1) is 72.3. The van der Waals surface area contributed by atoms with Crippen LogP contribution in [0.5, 0.6) is 46.0 Å². The number of unbranched alkanes of at least 4 members (excludes halogenated alkanes) is 8. The van der Waals surface area contributed by atoms with E-state index in [2.05, 4.69) is 65.4 Å². The first kappa shape index (κ1) is 106. The van der Waals surface area contributed by atoms with Gasteiger partial charge in [-0.05, 0) is 303 Å². The number of anilines is 2. The molecular weight excluding hydrogens is 1920 g/mol. The Morgan fingerprint density at radius 1 is 0.315 bits per heavy atom. The van der Waals surface area contributed by atoms with Crippen LogP contribution in [0.15, 0.2) is 321 Å². The van der Waals surface area contributed by atoms with Crippen molar-refractivity contribution in [2.75, 3.05) is 62.7 Å². The molecule has 0 amide bonds. The first-order valence-corrected chi connectivity index (χ1v) is 51.8. The van der Waals surface area contributed by atoms with Crippen molar-refractivity contribution < 1.29 is 84.0 Å². The third kappa shape index (κ3) is 23.6. The molecule has 4 N–H and O–H groups in total. The maximum Gasteiger partial charge on any atom is 0.390 e. The summed E-state index contributed by atoms with van der Waals surface area (Å²) in [5.74, 6) is 1.73. The van der Waals surface area contributed by atoms with E-state index in [1.165, 1.54) is 0 Å². The van der Waals surface area contributed by atoms with Gasteiger partial charge in [0.25, 0.3) is 0 Å². The Hall–Kier alpha value is -15.9. The zero-order valence-corrected chi connectivity index (χ0v) is 86.3. The van der Waals surface area contributed by atoms with Crippen LogP contribution in [0.2, 0.25) is 0 Å². The van der Waals surface area contributed by atoms with Gasteiger partial charge in [0.15, 0.2) is 0 Å². The molecule has 8 aliphatic rings. The summed E-state index contributed by atoms with van der Waals surface area (Å²) < 4.78 is 49.2. The zero-order chi connectivity index (χ0) is 103. The number of nitrogens with zero attached hydrogens (tertiary/aromatic N) is 8. The van der Waals surface area contributed by atoms with Crippen LogP contribution in [-0.2, 0) is 26.1 Å². The number of aliphatic imine (C=N–C) groups is 4. The van der Waals surface area contributed by atoms with E-state index in [1.54, 1.807) is 82.6 Å². The molecular formula is C122H126N10NiO16. The molecule has 0 aliphatic carbocycles. The summed E-state index contributed by atoms with van der Waals surface area (Å²) >= 11 is 0. The number of hydrogen-bond acceptors (Lipinski definition) is 20. The van der Waals surface area contributed by atoms with E-state index in [4.69, 9.17) is 57.9 Å². The molecule has 27 heteroatoms. The number of carboxylic acids is 2. The molecule has 4 atom stereocenters. The Balaban J connectivity index is 0.000000211. The van der Waals surface area contributed by atoms with Crippen LogP contribution in [0.1, 0.15) is 192 Å². The summed E-state index contributed by atoms with van der Waals surface area (Å²) in [6, 6.07) is 64.2. The van der Waals surface area contributed by atoms with Crippen molar-refractivity contribution in [2.45, 2.75) is 181 Å². The molecule has 0 saturated carbocycles. The van der Waals surface area contributed by atoms with E-state index in [-0.39, 0.29) is 39.0 Å². The van der Waals surface area contributed by atoms with E-state index in [9.17, 15) is 40.0 Å². The minimum absolute atomic E-state index is 0. The van der Waals surface area contributed by atoms with Gasteiger partial charge in [-0.2, -0.15) is 0 Å².